The van der Waals surface area contributed by atoms with Crippen LogP contribution in [0.25, 0.3) is 24.3 Å². The highest BCUT2D eigenvalue weighted by atomic mass is 31.2. The lowest BCUT2D eigenvalue weighted by Gasteiger charge is -2.20. The number of alkyl carbamates (subject to hydrolysis) is 1. The summed E-state index contributed by atoms with van der Waals surface area (Å²) >= 11 is 0. The third-order valence-electron chi connectivity index (χ3n) is 15.9. The minimum absolute atomic E-state index is 0.0584. The normalized spacial score (nSPS) is 12.5. The number of phosphoric acid groups is 1. The maximum atomic E-state index is 12.9. The summed E-state index contributed by atoms with van der Waals surface area (Å²) in [5.41, 5.74) is 5.45. The number of hydrogen-bond donors (Lipinski definition) is 4. The molecule has 0 fully saturated rings. The van der Waals surface area contributed by atoms with Crippen molar-refractivity contribution in [3.63, 3.8) is 0 Å². The van der Waals surface area contributed by atoms with E-state index in [0.29, 0.717) is 39.3 Å². The zero-order chi connectivity index (χ0) is 67.6. The summed E-state index contributed by atoms with van der Waals surface area (Å²) < 4.78 is 61.4. The first-order chi connectivity index (χ1) is 45.8. The smallest absolute Gasteiger partial charge is 0.472 e. The molecule has 0 saturated carbocycles. The van der Waals surface area contributed by atoms with Gasteiger partial charge in [0.15, 0.2) is 6.10 Å². The van der Waals surface area contributed by atoms with Gasteiger partial charge in [-0.15, -0.1) is 0 Å². The highest BCUT2D eigenvalue weighted by Gasteiger charge is 2.26. The maximum absolute atomic E-state index is 12.9. The number of carbonyl (C=O) groups excluding carboxylic acids is 4. The zero-order valence-electron chi connectivity index (χ0n) is 57.6. The molecule has 2 atom stereocenters. The van der Waals surface area contributed by atoms with E-state index in [1.807, 2.05) is 42.5 Å². The molecule has 0 aliphatic carbocycles. The summed E-state index contributed by atoms with van der Waals surface area (Å²) in [5, 5.41) is 14.6. The topological polar surface area (TPSA) is 233 Å². The summed E-state index contributed by atoms with van der Waals surface area (Å²) in [7, 11) is -4.69. The van der Waals surface area contributed by atoms with Crippen LogP contribution in [-0.4, -0.2) is 126 Å². The third-order valence-corrected chi connectivity index (χ3v) is 16.9. The fourth-order valence-electron chi connectivity index (χ4n) is 10.3. The summed E-state index contributed by atoms with van der Waals surface area (Å²) in [6.45, 7) is 6.58. The van der Waals surface area contributed by atoms with Crippen LogP contribution in [0, 0.1) is 6.92 Å². The Kier molecular flexibility index (Phi) is 49.7. The molecule has 18 nitrogen and oxygen atoms in total. The number of amides is 2. The molecule has 2 amide bonds. The number of aryl methyl sites for hydroxylation is 1. The van der Waals surface area contributed by atoms with Crippen LogP contribution in [0.4, 0.5) is 4.79 Å². The number of unbranched alkanes of at least 4 members (excludes halogenated alkanes) is 28. The second kappa shape index (κ2) is 56.6. The Morgan fingerprint density at radius 3 is 1.48 bits per heavy atom. The molecular formula is C75H119N2O16P. The van der Waals surface area contributed by atoms with Gasteiger partial charge in [-0.25, -0.2) is 9.36 Å². The Hall–Kier alpha value is -5.59. The van der Waals surface area contributed by atoms with Gasteiger partial charge in [0.05, 0.1) is 46.2 Å². The molecule has 0 spiro atoms. The van der Waals surface area contributed by atoms with Gasteiger partial charge in [0, 0.05) is 25.9 Å². The summed E-state index contributed by atoms with van der Waals surface area (Å²) in [6, 6.07) is 21.2. The monoisotopic (exact) mass is 1330 g/mol. The van der Waals surface area contributed by atoms with E-state index in [0.717, 1.165) is 72.1 Å². The molecule has 0 radical (unpaired) electrons. The predicted octanol–water partition coefficient (Wildman–Crippen LogP) is 17.4. The predicted molar refractivity (Wildman–Crippen MR) is 376 cm³/mol. The highest BCUT2D eigenvalue weighted by molar-refractivity contribution is 7.47. The molecule has 3 rings (SSSR count). The van der Waals surface area contributed by atoms with E-state index in [-0.39, 0.29) is 70.6 Å². The Balaban J connectivity index is 1.20. The first-order valence-electron chi connectivity index (χ1n) is 35.7. The van der Waals surface area contributed by atoms with E-state index in [1.165, 1.54) is 141 Å². The van der Waals surface area contributed by atoms with Crippen LogP contribution in [-0.2, 0) is 56.4 Å². The molecule has 94 heavy (non-hydrogen) atoms. The second-order valence-electron chi connectivity index (χ2n) is 24.3. The number of rotatable bonds is 61. The first kappa shape index (κ1) is 82.6. The minimum Gasteiger partial charge on any atom is -0.508 e. The molecule has 4 N–H and O–H groups in total. The van der Waals surface area contributed by atoms with Crippen LogP contribution < -0.4 is 15.4 Å². The highest BCUT2D eigenvalue weighted by Crippen LogP contribution is 2.43. The molecule has 2 unspecified atom stereocenters. The number of phenolic OH excluding ortho intramolecular Hbond substituents is 1. The van der Waals surface area contributed by atoms with Crippen molar-refractivity contribution < 1.29 is 75.9 Å². The van der Waals surface area contributed by atoms with Gasteiger partial charge >= 0.3 is 25.9 Å². The van der Waals surface area contributed by atoms with Gasteiger partial charge in [0.25, 0.3) is 0 Å². The lowest BCUT2D eigenvalue weighted by molar-refractivity contribution is -0.161. The molecular weight excluding hydrogens is 1220 g/mol. The van der Waals surface area contributed by atoms with Gasteiger partial charge in [0.1, 0.15) is 37.9 Å². The van der Waals surface area contributed by atoms with Gasteiger partial charge < -0.3 is 53.8 Å². The Labute approximate surface area is 564 Å². The van der Waals surface area contributed by atoms with Crippen molar-refractivity contribution in [2.45, 2.75) is 232 Å². The van der Waals surface area contributed by atoms with Crippen molar-refractivity contribution in [2.75, 3.05) is 85.8 Å². The van der Waals surface area contributed by atoms with Crippen LogP contribution >= 0.6 is 7.82 Å². The Morgan fingerprint density at radius 1 is 0.468 bits per heavy atom. The molecule has 0 aliphatic heterocycles. The van der Waals surface area contributed by atoms with Crippen molar-refractivity contribution >= 4 is 56.1 Å². The van der Waals surface area contributed by atoms with Gasteiger partial charge in [-0.2, -0.15) is 0 Å². The van der Waals surface area contributed by atoms with Crippen molar-refractivity contribution in [3.05, 3.63) is 94.5 Å². The van der Waals surface area contributed by atoms with E-state index in [1.54, 1.807) is 12.1 Å². The average molecular weight is 1340 g/mol. The van der Waals surface area contributed by atoms with Crippen molar-refractivity contribution in [1.29, 1.82) is 0 Å². The standard InChI is InChI=1S/C75H119N2O16P/c1-4-6-8-10-12-14-16-18-20-22-24-26-28-30-32-34-73(80)90-61-71(93-74(81)35-33-31-29-27-25-23-21-19-17-15-13-11-9-7-5-2)62-92-94(83,84)91-53-51-77-75(82)89-59-57-87-63-72(79)76-50-52-85-54-55-86-56-58-88-70-48-42-66(43-49-70)38-44-68-45-39-67(60-64(68)3)37-36-65-40-46-69(78)47-41-65/h36-49,60,71,78H,4-35,50-59,61-63H2,1-3H3,(H,76,79)(H,77,82)(H,83,84)/b37-36+,44-38+. The maximum Gasteiger partial charge on any atom is 0.472 e. The van der Waals surface area contributed by atoms with Crippen LogP contribution in [0.1, 0.15) is 247 Å². The number of aromatic hydroxyl groups is 1. The number of phenols is 1. The summed E-state index contributed by atoms with van der Waals surface area (Å²) in [6.07, 6.45) is 42.9. The van der Waals surface area contributed by atoms with Crippen LogP contribution in [0.3, 0.4) is 0 Å². The van der Waals surface area contributed by atoms with Gasteiger partial charge in [0.2, 0.25) is 5.91 Å². The summed E-state index contributed by atoms with van der Waals surface area (Å²) in [4.78, 5) is 60.4. The number of nitrogens with one attached hydrogen (secondary N) is 2. The fourth-order valence-corrected chi connectivity index (χ4v) is 11.1. The van der Waals surface area contributed by atoms with E-state index in [9.17, 15) is 33.7 Å². The molecule has 0 aliphatic rings. The number of phosphoric ester groups is 1. The van der Waals surface area contributed by atoms with Crippen LogP contribution in [0.5, 0.6) is 11.5 Å². The fraction of sp³-hybridized carbons (Fsp3) is 0.653. The number of hydrogen-bond acceptors (Lipinski definition) is 15. The van der Waals surface area contributed by atoms with E-state index in [2.05, 4.69) is 67.8 Å². The van der Waals surface area contributed by atoms with Crippen molar-refractivity contribution in [3.8, 4) is 11.5 Å². The lowest BCUT2D eigenvalue weighted by atomic mass is 10.0. The number of esters is 2. The molecule has 3 aromatic carbocycles. The molecule has 0 saturated heterocycles. The van der Waals surface area contributed by atoms with E-state index < -0.39 is 45.2 Å². The molecule has 19 heteroatoms. The van der Waals surface area contributed by atoms with Crippen molar-refractivity contribution in [1.82, 2.24) is 10.6 Å². The van der Waals surface area contributed by atoms with E-state index >= 15 is 0 Å². The van der Waals surface area contributed by atoms with Crippen molar-refractivity contribution in [2.24, 2.45) is 0 Å². The number of ether oxygens (including phenoxy) is 7. The molecule has 530 valence electrons. The lowest BCUT2D eigenvalue weighted by Crippen LogP contribution is -2.32. The largest absolute Gasteiger partial charge is 0.508 e. The minimum atomic E-state index is -4.69. The zero-order valence-corrected chi connectivity index (χ0v) is 58.5. The SMILES string of the molecule is CCCCCCCCCCCCCCCCCC(=O)OCC(COP(=O)(O)OCCNC(=O)OCCOCC(=O)NCCOCCOCCOc1ccc(/C=C/c2ccc(/C=C/c3ccc(O)cc3)cc2C)cc1)OC(=O)CCCCCCCCCCCCCCCCC. The Morgan fingerprint density at radius 2 is 0.926 bits per heavy atom. The summed E-state index contributed by atoms with van der Waals surface area (Å²) in [5.74, 6) is -0.340. The first-order valence-corrected chi connectivity index (χ1v) is 37.2. The van der Waals surface area contributed by atoms with Crippen LogP contribution in [0.2, 0.25) is 0 Å². The molecule has 0 heterocycles. The number of benzene rings is 3. The van der Waals surface area contributed by atoms with Gasteiger partial charge in [-0.3, -0.25) is 23.4 Å². The average Bonchev–Trinajstić information content (AvgIpc) is 1.09. The molecule has 3 aromatic rings. The molecule has 0 bridgehead atoms. The van der Waals surface area contributed by atoms with Gasteiger partial charge in [-0.05, 0) is 71.8 Å². The molecule has 0 aromatic heterocycles. The number of carbonyl (C=O) groups is 4. The third kappa shape index (κ3) is 47.3. The van der Waals surface area contributed by atoms with Gasteiger partial charge in [-0.1, -0.05) is 260 Å². The Bertz CT molecular complexity index is 2510. The van der Waals surface area contributed by atoms with Crippen LogP contribution in [0.15, 0.2) is 66.7 Å². The second-order valence-corrected chi connectivity index (χ2v) is 25.7. The van der Waals surface area contributed by atoms with E-state index in [4.69, 9.17) is 42.2 Å². The quantitative estimate of drug-likeness (QED) is 0.0135.